The van der Waals surface area contributed by atoms with Crippen molar-refractivity contribution in [3.63, 3.8) is 0 Å². The molecule has 0 spiro atoms. The Morgan fingerprint density at radius 2 is 2.03 bits per heavy atom. The topological polar surface area (TPSA) is 65.4 Å². The first-order valence-corrected chi connectivity index (χ1v) is 10.2. The first-order chi connectivity index (χ1) is 14.8. The van der Waals surface area contributed by atoms with Crippen LogP contribution in [0.1, 0.15) is 40.9 Å². The number of hydrogen-bond acceptors (Lipinski definition) is 4. The normalized spacial score (nSPS) is 22.2. The predicted molar refractivity (Wildman–Crippen MR) is 104 cm³/mol. The van der Waals surface area contributed by atoms with Crippen molar-refractivity contribution in [2.75, 3.05) is 6.61 Å². The summed E-state index contributed by atoms with van der Waals surface area (Å²) >= 11 is 0. The molecular weight excluding hydrogens is 411 g/mol. The summed E-state index contributed by atoms with van der Waals surface area (Å²) in [5, 5.41) is 7.09. The standard InChI is InChI=1S/C22H20F3N3O3/c23-22(24,25)15-4-6-19-14(9-15)10-16(12-30-19)26-21(29)18-11-20-28(27-18)8-7-17(31-20)5-3-13-1-2-13/h4,6,9,11,13,16-17H,1-2,7-8,10,12H2,(H,26,29)/t16-,17?/m1/s1. The number of hydrogen-bond donors (Lipinski definition) is 1. The van der Waals surface area contributed by atoms with E-state index in [2.05, 4.69) is 22.3 Å². The summed E-state index contributed by atoms with van der Waals surface area (Å²) in [5.41, 5.74) is -0.128. The van der Waals surface area contributed by atoms with E-state index < -0.39 is 23.7 Å². The zero-order chi connectivity index (χ0) is 21.6. The number of amides is 1. The van der Waals surface area contributed by atoms with E-state index in [1.165, 1.54) is 6.07 Å². The van der Waals surface area contributed by atoms with E-state index in [1.807, 2.05) is 0 Å². The molecule has 1 amide bonds. The fraction of sp³-hybridized carbons (Fsp3) is 0.455. The maximum absolute atomic E-state index is 13.0. The minimum Gasteiger partial charge on any atom is -0.491 e. The van der Waals surface area contributed by atoms with E-state index in [-0.39, 0.29) is 24.8 Å². The Bertz CT molecular complexity index is 1080. The van der Waals surface area contributed by atoms with Crippen molar-refractivity contribution in [3.8, 4) is 23.5 Å². The van der Waals surface area contributed by atoms with Crippen LogP contribution in [-0.2, 0) is 19.1 Å². The number of rotatable bonds is 2. The average molecular weight is 431 g/mol. The fourth-order valence-electron chi connectivity index (χ4n) is 3.67. The van der Waals surface area contributed by atoms with Crippen LogP contribution in [-0.4, -0.2) is 34.4 Å². The molecular formula is C22H20F3N3O3. The molecule has 9 heteroatoms. The van der Waals surface area contributed by atoms with Gasteiger partial charge in [-0.15, -0.1) is 0 Å². The SMILES string of the molecule is O=C(N[C@H]1COc2ccc(C(F)(F)F)cc2C1)c1cc2n(n1)CCC(C#CC1CC1)O2. The smallest absolute Gasteiger partial charge is 0.416 e. The third-order valence-electron chi connectivity index (χ3n) is 5.50. The second-order valence-electron chi connectivity index (χ2n) is 8.05. The van der Waals surface area contributed by atoms with Gasteiger partial charge >= 0.3 is 6.18 Å². The highest BCUT2D eigenvalue weighted by molar-refractivity contribution is 5.92. The second kappa shape index (κ2) is 7.52. The van der Waals surface area contributed by atoms with Crippen LogP contribution in [0.4, 0.5) is 13.2 Å². The third-order valence-corrected chi connectivity index (χ3v) is 5.50. The van der Waals surface area contributed by atoms with Gasteiger partial charge in [-0.2, -0.15) is 18.3 Å². The number of ether oxygens (including phenoxy) is 2. The Balaban J connectivity index is 1.24. The molecule has 1 N–H and O–H groups in total. The second-order valence-corrected chi connectivity index (χ2v) is 8.05. The van der Waals surface area contributed by atoms with E-state index in [0.29, 0.717) is 36.1 Å². The first-order valence-electron chi connectivity index (χ1n) is 10.2. The van der Waals surface area contributed by atoms with E-state index in [0.717, 1.165) is 25.0 Å². The number of aromatic nitrogens is 2. The van der Waals surface area contributed by atoms with Crippen LogP contribution in [0.5, 0.6) is 11.6 Å². The molecule has 1 aromatic heterocycles. The van der Waals surface area contributed by atoms with Crippen LogP contribution >= 0.6 is 0 Å². The maximum Gasteiger partial charge on any atom is 0.416 e. The van der Waals surface area contributed by atoms with E-state index in [1.54, 1.807) is 10.7 Å². The summed E-state index contributed by atoms with van der Waals surface area (Å²) in [6, 6.07) is 4.49. The molecule has 3 aliphatic rings. The average Bonchev–Trinajstić information content (AvgIpc) is 3.47. The molecule has 1 fully saturated rings. The first kappa shape index (κ1) is 19.8. The molecule has 0 saturated heterocycles. The molecule has 162 valence electrons. The van der Waals surface area contributed by atoms with Gasteiger partial charge in [0, 0.05) is 24.9 Å². The molecule has 1 aromatic carbocycles. The Labute approximate surface area is 176 Å². The zero-order valence-electron chi connectivity index (χ0n) is 16.5. The van der Waals surface area contributed by atoms with Crippen molar-refractivity contribution in [1.29, 1.82) is 0 Å². The number of carbonyl (C=O) groups is 1. The predicted octanol–water partition coefficient (Wildman–Crippen LogP) is 3.20. The van der Waals surface area contributed by atoms with E-state index in [4.69, 9.17) is 9.47 Å². The number of fused-ring (bicyclic) bond motifs is 2. The number of benzene rings is 1. The van der Waals surface area contributed by atoms with Crippen molar-refractivity contribution in [2.24, 2.45) is 5.92 Å². The molecule has 1 aliphatic carbocycles. The van der Waals surface area contributed by atoms with Crippen molar-refractivity contribution in [3.05, 3.63) is 41.1 Å². The lowest BCUT2D eigenvalue weighted by molar-refractivity contribution is -0.137. The lowest BCUT2D eigenvalue weighted by Gasteiger charge is -2.26. The quantitative estimate of drug-likeness (QED) is 0.742. The molecule has 2 atom stereocenters. The summed E-state index contributed by atoms with van der Waals surface area (Å²) in [7, 11) is 0. The number of nitrogens with zero attached hydrogens (tertiary/aromatic N) is 2. The number of aryl methyl sites for hydroxylation is 1. The fourth-order valence-corrected chi connectivity index (χ4v) is 3.67. The van der Waals surface area contributed by atoms with Gasteiger partial charge in [0.05, 0.1) is 11.6 Å². The molecule has 0 radical (unpaired) electrons. The van der Waals surface area contributed by atoms with Gasteiger partial charge in [0.15, 0.2) is 11.8 Å². The number of nitrogens with one attached hydrogen (secondary N) is 1. The molecule has 2 aliphatic heterocycles. The molecule has 1 saturated carbocycles. The van der Waals surface area contributed by atoms with Gasteiger partial charge < -0.3 is 14.8 Å². The highest BCUT2D eigenvalue weighted by Gasteiger charge is 2.33. The monoisotopic (exact) mass is 431 g/mol. The lowest BCUT2D eigenvalue weighted by Crippen LogP contribution is -2.43. The minimum atomic E-state index is -4.43. The van der Waals surface area contributed by atoms with Gasteiger partial charge in [-0.3, -0.25) is 4.79 Å². The number of carbonyl (C=O) groups excluding carboxylic acids is 1. The molecule has 0 bridgehead atoms. The van der Waals surface area contributed by atoms with E-state index >= 15 is 0 Å². The van der Waals surface area contributed by atoms with Gasteiger partial charge in [-0.1, -0.05) is 11.8 Å². The van der Waals surface area contributed by atoms with E-state index in [9.17, 15) is 18.0 Å². The number of halogens is 3. The van der Waals surface area contributed by atoms with Gasteiger partial charge in [0.1, 0.15) is 12.4 Å². The Hall–Kier alpha value is -3.15. The van der Waals surface area contributed by atoms with Crippen LogP contribution in [0, 0.1) is 17.8 Å². The van der Waals surface area contributed by atoms with Gasteiger partial charge in [0.25, 0.3) is 5.91 Å². The summed E-state index contributed by atoms with van der Waals surface area (Å²) < 4.78 is 51.9. The Kier molecular flexibility index (Phi) is 4.80. The van der Waals surface area contributed by atoms with Crippen molar-refractivity contribution < 1.29 is 27.4 Å². The summed E-state index contributed by atoms with van der Waals surface area (Å²) in [6.45, 7) is 0.778. The molecule has 31 heavy (non-hydrogen) atoms. The van der Waals surface area contributed by atoms with Gasteiger partial charge in [0.2, 0.25) is 5.88 Å². The minimum absolute atomic E-state index is 0.174. The molecule has 2 aromatic rings. The highest BCUT2D eigenvalue weighted by atomic mass is 19.4. The van der Waals surface area contributed by atoms with Crippen LogP contribution in [0.3, 0.4) is 0 Å². The van der Waals surface area contributed by atoms with Gasteiger partial charge in [-0.05, 0) is 43.0 Å². The van der Waals surface area contributed by atoms with Crippen molar-refractivity contribution in [1.82, 2.24) is 15.1 Å². The Morgan fingerprint density at radius 1 is 1.19 bits per heavy atom. The van der Waals surface area contributed by atoms with Crippen molar-refractivity contribution in [2.45, 2.75) is 50.6 Å². The number of alkyl halides is 3. The highest BCUT2D eigenvalue weighted by Crippen LogP contribution is 2.34. The summed E-state index contributed by atoms with van der Waals surface area (Å²) in [6.07, 6.45) is -1.39. The van der Waals surface area contributed by atoms with Crippen LogP contribution in [0.25, 0.3) is 0 Å². The third kappa shape index (κ3) is 4.33. The lowest BCUT2D eigenvalue weighted by atomic mass is 10.00. The summed E-state index contributed by atoms with van der Waals surface area (Å²) in [4.78, 5) is 12.7. The Morgan fingerprint density at radius 3 is 2.81 bits per heavy atom. The maximum atomic E-state index is 13.0. The van der Waals surface area contributed by atoms with Crippen LogP contribution < -0.4 is 14.8 Å². The van der Waals surface area contributed by atoms with Crippen molar-refractivity contribution >= 4 is 5.91 Å². The summed E-state index contributed by atoms with van der Waals surface area (Å²) in [5.74, 6) is 7.31. The zero-order valence-corrected chi connectivity index (χ0v) is 16.5. The van der Waals surface area contributed by atoms with Crippen LogP contribution in [0.15, 0.2) is 24.3 Å². The molecule has 3 heterocycles. The molecule has 6 nitrogen and oxygen atoms in total. The molecule has 5 rings (SSSR count). The van der Waals surface area contributed by atoms with Gasteiger partial charge in [-0.25, -0.2) is 4.68 Å². The largest absolute Gasteiger partial charge is 0.491 e. The molecule has 1 unspecified atom stereocenters. The van der Waals surface area contributed by atoms with Crippen LogP contribution in [0.2, 0.25) is 0 Å².